The monoisotopic (exact) mass is 194 g/mol. The summed E-state index contributed by atoms with van der Waals surface area (Å²) in [7, 11) is 0. The van der Waals surface area contributed by atoms with Gasteiger partial charge >= 0.3 is 0 Å². The number of aromatic nitrogens is 1. The van der Waals surface area contributed by atoms with Gasteiger partial charge < -0.3 is 10.7 Å². The van der Waals surface area contributed by atoms with Crippen LogP contribution in [0.5, 0.6) is 0 Å². The fourth-order valence-electron chi connectivity index (χ4n) is 1.79. The van der Waals surface area contributed by atoms with E-state index in [1.165, 1.54) is 0 Å². The molecule has 0 bridgehead atoms. The lowest BCUT2D eigenvalue weighted by Crippen LogP contribution is -2.14. The third kappa shape index (κ3) is 2.16. The van der Waals surface area contributed by atoms with Gasteiger partial charge in [-0.1, -0.05) is 20.3 Å². The van der Waals surface area contributed by atoms with E-state index in [4.69, 9.17) is 5.73 Å². The first-order valence-electron chi connectivity index (χ1n) is 5.05. The molecule has 0 aliphatic heterocycles. The van der Waals surface area contributed by atoms with E-state index in [9.17, 15) is 4.79 Å². The Balaban J connectivity index is 3.00. The normalized spacial score (nSPS) is 12.8. The molecule has 14 heavy (non-hydrogen) atoms. The zero-order valence-electron chi connectivity index (χ0n) is 9.05. The first-order chi connectivity index (χ1) is 6.56. The van der Waals surface area contributed by atoms with Crippen LogP contribution >= 0.6 is 0 Å². The number of aryl methyl sites for hydroxylation is 1. The van der Waals surface area contributed by atoms with Gasteiger partial charge in [0.15, 0.2) is 0 Å². The molecule has 0 radical (unpaired) electrons. The Kier molecular flexibility index (Phi) is 3.33. The average Bonchev–Trinajstić information content (AvgIpc) is 2.48. The predicted molar refractivity (Wildman–Crippen MR) is 57.4 cm³/mol. The van der Waals surface area contributed by atoms with Crippen molar-refractivity contribution in [2.75, 3.05) is 0 Å². The second-order valence-electron chi connectivity index (χ2n) is 3.84. The smallest absolute Gasteiger partial charge is 0.265 e. The molecule has 0 aliphatic rings. The number of hydrogen-bond donors (Lipinski definition) is 2. The van der Waals surface area contributed by atoms with Gasteiger partial charge in [0, 0.05) is 5.69 Å². The molecule has 0 aromatic carbocycles. The van der Waals surface area contributed by atoms with Crippen molar-refractivity contribution in [3.05, 3.63) is 23.0 Å². The fourth-order valence-corrected chi connectivity index (χ4v) is 1.79. The molecule has 0 saturated carbocycles. The lowest BCUT2D eigenvalue weighted by molar-refractivity contribution is 0.0994. The quantitative estimate of drug-likeness (QED) is 0.759. The number of carbonyl (C=O) groups excluding carboxylic acids is 1. The molecule has 3 nitrogen and oxygen atoms in total. The van der Waals surface area contributed by atoms with E-state index in [-0.39, 0.29) is 5.91 Å². The third-order valence-electron chi connectivity index (χ3n) is 2.48. The Bertz CT molecular complexity index is 328. The molecule has 3 N–H and O–H groups in total. The highest BCUT2D eigenvalue weighted by molar-refractivity contribution is 5.92. The minimum Gasteiger partial charge on any atom is -0.364 e. The number of nitrogens with two attached hydrogens (primary N) is 1. The van der Waals surface area contributed by atoms with Crippen LogP contribution in [0.15, 0.2) is 6.07 Å². The molecule has 0 aliphatic carbocycles. The molecule has 0 spiro atoms. The molecule has 1 amide bonds. The van der Waals surface area contributed by atoms with Crippen molar-refractivity contribution < 1.29 is 4.79 Å². The Morgan fingerprint density at radius 3 is 2.79 bits per heavy atom. The lowest BCUT2D eigenvalue weighted by Gasteiger charge is -2.09. The van der Waals surface area contributed by atoms with Crippen molar-refractivity contribution in [3.8, 4) is 0 Å². The molecule has 0 fully saturated rings. The molecule has 1 rings (SSSR count). The van der Waals surface area contributed by atoms with Crippen molar-refractivity contribution in [1.82, 2.24) is 4.98 Å². The van der Waals surface area contributed by atoms with Gasteiger partial charge in [-0.25, -0.2) is 0 Å². The Morgan fingerprint density at radius 2 is 2.29 bits per heavy atom. The van der Waals surface area contributed by atoms with E-state index in [0.29, 0.717) is 11.6 Å². The van der Waals surface area contributed by atoms with E-state index < -0.39 is 0 Å². The van der Waals surface area contributed by atoms with Gasteiger partial charge in [0.05, 0.1) is 0 Å². The van der Waals surface area contributed by atoms with Gasteiger partial charge in [-0.15, -0.1) is 0 Å². The van der Waals surface area contributed by atoms with Crippen LogP contribution in [0.1, 0.15) is 54.4 Å². The summed E-state index contributed by atoms with van der Waals surface area (Å²) in [6.45, 7) is 6.20. The number of rotatable bonds is 4. The Hall–Kier alpha value is -1.25. The number of amides is 1. The van der Waals surface area contributed by atoms with Gasteiger partial charge in [-0.05, 0) is 30.9 Å². The SMILES string of the molecule is CCCC(C)c1cc(C)[nH]c1C(N)=O. The summed E-state index contributed by atoms with van der Waals surface area (Å²) in [6, 6.07) is 2.01. The summed E-state index contributed by atoms with van der Waals surface area (Å²) >= 11 is 0. The zero-order valence-corrected chi connectivity index (χ0v) is 9.05. The van der Waals surface area contributed by atoms with Crippen LogP contribution in [0, 0.1) is 6.92 Å². The Labute approximate surface area is 84.7 Å². The van der Waals surface area contributed by atoms with Crippen molar-refractivity contribution in [1.29, 1.82) is 0 Å². The first-order valence-corrected chi connectivity index (χ1v) is 5.05. The van der Waals surface area contributed by atoms with Crippen LogP contribution in [0.2, 0.25) is 0 Å². The van der Waals surface area contributed by atoms with Crippen LogP contribution in [-0.4, -0.2) is 10.9 Å². The van der Waals surface area contributed by atoms with E-state index in [0.717, 1.165) is 24.1 Å². The van der Waals surface area contributed by atoms with E-state index in [1.54, 1.807) is 0 Å². The standard InChI is InChI=1S/C11H18N2O/c1-4-5-7(2)9-6-8(3)13-10(9)11(12)14/h6-7,13H,4-5H2,1-3H3,(H2,12,14). The summed E-state index contributed by atoms with van der Waals surface area (Å²) in [5.74, 6) is 0.0310. The highest BCUT2D eigenvalue weighted by Crippen LogP contribution is 2.24. The number of nitrogens with one attached hydrogen (secondary N) is 1. The second kappa shape index (κ2) is 4.31. The van der Waals surface area contributed by atoms with Crippen molar-refractivity contribution in [3.63, 3.8) is 0 Å². The van der Waals surface area contributed by atoms with Gasteiger partial charge in [-0.3, -0.25) is 4.79 Å². The van der Waals surface area contributed by atoms with Gasteiger partial charge in [0.25, 0.3) is 5.91 Å². The van der Waals surface area contributed by atoms with Crippen molar-refractivity contribution >= 4 is 5.91 Å². The zero-order chi connectivity index (χ0) is 10.7. The highest BCUT2D eigenvalue weighted by Gasteiger charge is 2.15. The minimum absolute atomic E-state index is 0.365. The summed E-state index contributed by atoms with van der Waals surface area (Å²) in [6.07, 6.45) is 2.20. The summed E-state index contributed by atoms with van der Waals surface area (Å²) < 4.78 is 0. The average molecular weight is 194 g/mol. The maximum atomic E-state index is 11.1. The van der Waals surface area contributed by atoms with Crippen LogP contribution in [0.3, 0.4) is 0 Å². The largest absolute Gasteiger partial charge is 0.364 e. The molecule has 1 unspecified atom stereocenters. The highest BCUT2D eigenvalue weighted by atomic mass is 16.1. The maximum absolute atomic E-state index is 11.1. The van der Waals surface area contributed by atoms with Crippen molar-refractivity contribution in [2.45, 2.75) is 39.5 Å². The van der Waals surface area contributed by atoms with Crippen LogP contribution in [-0.2, 0) is 0 Å². The lowest BCUT2D eigenvalue weighted by atomic mass is 9.96. The molecule has 1 atom stereocenters. The van der Waals surface area contributed by atoms with E-state index in [1.807, 2.05) is 13.0 Å². The van der Waals surface area contributed by atoms with Crippen LogP contribution < -0.4 is 5.73 Å². The number of H-pyrrole nitrogens is 1. The summed E-state index contributed by atoms with van der Waals surface area (Å²) in [4.78, 5) is 14.1. The van der Waals surface area contributed by atoms with Gasteiger partial charge in [0.2, 0.25) is 0 Å². The summed E-state index contributed by atoms with van der Waals surface area (Å²) in [5, 5.41) is 0. The number of primary amides is 1. The molecule has 78 valence electrons. The third-order valence-corrected chi connectivity index (χ3v) is 2.48. The van der Waals surface area contributed by atoms with Crippen LogP contribution in [0.4, 0.5) is 0 Å². The van der Waals surface area contributed by atoms with Crippen LogP contribution in [0.25, 0.3) is 0 Å². The second-order valence-corrected chi connectivity index (χ2v) is 3.84. The molecular formula is C11H18N2O. The molecule has 1 heterocycles. The van der Waals surface area contributed by atoms with E-state index >= 15 is 0 Å². The minimum atomic E-state index is -0.365. The predicted octanol–water partition coefficient (Wildman–Crippen LogP) is 2.33. The summed E-state index contributed by atoms with van der Waals surface area (Å²) in [5.41, 5.74) is 7.91. The maximum Gasteiger partial charge on any atom is 0.265 e. The Morgan fingerprint density at radius 1 is 1.64 bits per heavy atom. The molecule has 1 aromatic heterocycles. The first kappa shape index (κ1) is 10.8. The van der Waals surface area contributed by atoms with E-state index in [2.05, 4.69) is 18.8 Å². The molecule has 3 heteroatoms. The molecule has 1 aromatic rings. The number of carbonyl (C=O) groups is 1. The van der Waals surface area contributed by atoms with Crippen molar-refractivity contribution in [2.24, 2.45) is 5.73 Å². The molecule has 0 saturated heterocycles. The van der Waals surface area contributed by atoms with Gasteiger partial charge in [0.1, 0.15) is 5.69 Å². The number of hydrogen-bond acceptors (Lipinski definition) is 1. The number of aromatic amines is 1. The fraction of sp³-hybridized carbons (Fsp3) is 0.545. The van der Waals surface area contributed by atoms with Gasteiger partial charge in [-0.2, -0.15) is 0 Å². The topological polar surface area (TPSA) is 58.9 Å². The molecular weight excluding hydrogens is 176 g/mol.